The largest absolute Gasteiger partial charge is 0.325 e. The van der Waals surface area contributed by atoms with E-state index in [1.807, 2.05) is 43.5 Å². The van der Waals surface area contributed by atoms with Gasteiger partial charge in [0.2, 0.25) is 5.91 Å². The lowest BCUT2D eigenvalue weighted by Crippen LogP contribution is -2.19. The number of rotatable bonds is 4. The van der Waals surface area contributed by atoms with Crippen LogP contribution in [-0.2, 0) is 15.6 Å². The van der Waals surface area contributed by atoms with E-state index >= 15 is 0 Å². The minimum atomic E-state index is -1.26. The average Bonchev–Trinajstić information content (AvgIpc) is 2.88. The van der Waals surface area contributed by atoms with E-state index in [9.17, 15) is 9.00 Å². The molecule has 1 aromatic heterocycles. The summed E-state index contributed by atoms with van der Waals surface area (Å²) in [5, 5.41) is 4.67. The molecule has 100 valence electrons. The first-order chi connectivity index (χ1) is 9.08. The smallest absolute Gasteiger partial charge is 0.237 e. The van der Waals surface area contributed by atoms with Crippen molar-refractivity contribution in [1.82, 2.24) is 0 Å². The maximum absolute atomic E-state index is 11.9. The van der Waals surface area contributed by atoms with E-state index in [1.54, 1.807) is 6.07 Å². The molecule has 19 heavy (non-hydrogen) atoms. The highest BCUT2D eigenvalue weighted by Gasteiger charge is 2.12. The molecule has 2 rings (SSSR count). The monoisotopic (exact) mass is 293 g/mol. The normalized spacial score (nSPS) is 12.1. The second kappa shape index (κ2) is 6.12. The van der Waals surface area contributed by atoms with Gasteiger partial charge in [0.15, 0.2) is 0 Å². The fourth-order valence-corrected chi connectivity index (χ4v) is 3.56. The van der Waals surface area contributed by atoms with Crippen LogP contribution >= 0.6 is 11.3 Å². The number of nitrogens with one attached hydrogen (secondary N) is 1. The Morgan fingerprint density at radius 1 is 1.26 bits per heavy atom. The SMILES string of the molecule is Cc1cccc(NC(=O)CS(=O)c2cccs2)c1C. The number of anilines is 1. The highest BCUT2D eigenvalue weighted by molar-refractivity contribution is 7.88. The van der Waals surface area contributed by atoms with E-state index in [-0.39, 0.29) is 11.7 Å². The van der Waals surface area contributed by atoms with Gasteiger partial charge in [0.05, 0.1) is 15.0 Å². The third-order valence-electron chi connectivity index (χ3n) is 2.86. The van der Waals surface area contributed by atoms with Crippen LogP contribution in [0.4, 0.5) is 5.69 Å². The van der Waals surface area contributed by atoms with Crippen molar-refractivity contribution in [3.63, 3.8) is 0 Å². The molecule has 0 aliphatic rings. The van der Waals surface area contributed by atoms with Crippen LogP contribution in [0.25, 0.3) is 0 Å². The van der Waals surface area contributed by atoms with Crippen molar-refractivity contribution in [2.45, 2.75) is 18.1 Å². The molecule has 0 radical (unpaired) electrons. The minimum Gasteiger partial charge on any atom is -0.325 e. The molecule has 2 aromatic rings. The Balaban J connectivity index is 2.02. The third-order valence-corrected chi connectivity index (χ3v) is 5.48. The number of thiophene rings is 1. The summed E-state index contributed by atoms with van der Waals surface area (Å²) in [4.78, 5) is 11.9. The maximum atomic E-state index is 11.9. The van der Waals surface area contributed by atoms with Gasteiger partial charge < -0.3 is 5.32 Å². The first-order valence-electron chi connectivity index (χ1n) is 5.86. The van der Waals surface area contributed by atoms with Crippen LogP contribution in [0.2, 0.25) is 0 Å². The summed E-state index contributed by atoms with van der Waals surface area (Å²) in [5.74, 6) is -0.228. The van der Waals surface area contributed by atoms with Gasteiger partial charge in [-0.2, -0.15) is 0 Å². The molecule has 3 nitrogen and oxygen atoms in total. The summed E-state index contributed by atoms with van der Waals surface area (Å²) in [5.41, 5.74) is 2.95. The zero-order valence-electron chi connectivity index (χ0n) is 10.8. The number of amides is 1. The van der Waals surface area contributed by atoms with Crippen molar-refractivity contribution in [3.05, 3.63) is 46.8 Å². The Hall–Kier alpha value is -1.46. The minimum absolute atomic E-state index is 0.00606. The Kier molecular flexibility index (Phi) is 4.50. The van der Waals surface area contributed by atoms with Gasteiger partial charge in [-0.3, -0.25) is 9.00 Å². The van der Waals surface area contributed by atoms with Gasteiger partial charge in [0, 0.05) is 5.69 Å². The number of aryl methyl sites for hydroxylation is 1. The molecular weight excluding hydrogens is 278 g/mol. The fourth-order valence-electron chi connectivity index (χ4n) is 1.66. The van der Waals surface area contributed by atoms with E-state index in [0.717, 1.165) is 21.0 Å². The molecule has 1 amide bonds. The maximum Gasteiger partial charge on any atom is 0.237 e. The van der Waals surface area contributed by atoms with E-state index in [0.29, 0.717) is 0 Å². The molecule has 0 aliphatic carbocycles. The van der Waals surface area contributed by atoms with Gasteiger partial charge >= 0.3 is 0 Å². The number of hydrogen-bond acceptors (Lipinski definition) is 3. The third kappa shape index (κ3) is 3.52. The molecule has 5 heteroatoms. The van der Waals surface area contributed by atoms with Crippen molar-refractivity contribution < 1.29 is 9.00 Å². The van der Waals surface area contributed by atoms with Crippen LogP contribution in [0.1, 0.15) is 11.1 Å². The number of carbonyl (C=O) groups excluding carboxylic acids is 1. The van der Waals surface area contributed by atoms with Crippen molar-refractivity contribution in [2.75, 3.05) is 11.1 Å². The first kappa shape index (κ1) is 14.0. The van der Waals surface area contributed by atoms with Crippen LogP contribution in [0, 0.1) is 13.8 Å². The van der Waals surface area contributed by atoms with Crippen LogP contribution < -0.4 is 5.32 Å². The van der Waals surface area contributed by atoms with Crippen molar-refractivity contribution in [2.24, 2.45) is 0 Å². The summed E-state index contributed by atoms with van der Waals surface area (Å²) in [6.45, 7) is 3.95. The summed E-state index contributed by atoms with van der Waals surface area (Å²) < 4.78 is 12.7. The molecule has 1 unspecified atom stereocenters. The molecule has 0 saturated carbocycles. The molecule has 1 aromatic carbocycles. The predicted molar refractivity (Wildman–Crippen MR) is 80.1 cm³/mol. The topological polar surface area (TPSA) is 46.2 Å². The molecular formula is C14H15NO2S2. The first-order valence-corrected chi connectivity index (χ1v) is 8.05. The van der Waals surface area contributed by atoms with Crippen LogP contribution in [-0.4, -0.2) is 15.9 Å². The van der Waals surface area contributed by atoms with Gasteiger partial charge in [-0.05, 0) is 42.5 Å². The Morgan fingerprint density at radius 2 is 2.05 bits per heavy atom. The Morgan fingerprint density at radius 3 is 2.74 bits per heavy atom. The van der Waals surface area contributed by atoms with E-state index < -0.39 is 10.8 Å². The Bertz CT molecular complexity index is 606. The highest BCUT2D eigenvalue weighted by atomic mass is 32.2. The summed E-state index contributed by atoms with van der Waals surface area (Å²) in [6.07, 6.45) is 0. The summed E-state index contributed by atoms with van der Waals surface area (Å²) >= 11 is 1.40. The number of carbonyl (C=O) groups is 1. The second-order valence-corrected chi connectivity index (χ2v) is 6.84. The van der Waals surface area contributed by atoms with E-state index in [4.69, 9.17) is 0 Å². The molecule has 0 spiro atoms. The lowest BCUT2D eigenvalue weighted by Gasteiger charge is -2.09. The fraction of sp³-hybridized carbons (Fsp3) is 0.214. The van der Waals surface area contributed by atoms with Gasteiger partial charge in [0.25, 0.3) is 0 Å². The van der Waals surface area contributed by atoms with Crippen molar-refractivity contribution in [1.29, 1.82) is 0 Å². The molecule has 0 saturated heterocycles. The lowest BCUT2D eigenvalue weighted by atomic mass is 10.1. The molecule has 0 aliphatic heterocycles. The zero-order valence-corrected chi connectivity index (χ0v) is 12.4. The van der Waals surface area contributed by atoms with Gasteiger partial charge in [0.1, 0.15) is 5.75 Å². The quantitative estimate of drug-likeness (QED) is 0.941. The van der Waals surface area contributed by atoms with Gasteiger partial charge in [-0.25, -0.2) is 0 Å². The number of hydrogen-bond donors (Lipinski definition) is 1. The predicted octanol–water partition coefficient (Wildman–Crippen LogP) is 3.11. The highest BCUT2D eigenvalue weighted by Crippen LogP contribution is 2.18. The van der Waals surface area contributed by atoms with Crippen LogP contribution in [0.3, 0.4) is 0 Å². The standard InChI is InChI=1S/C14H15NO2S2/c1-10-5-3-6-12(11(10)2)15-13(16)9-19(17)14-7-4-8-18-14/h3-8H,9H2,1-2H3,(H,15,16). The second-order valence-electron chi connectivity index (χ2n) is 4.22. The van der Waals surface area contributed by atoms with Crippen LogP contribution in [0.5, 0.6) is 0 Å². The molecule has 1 atom stereocenters. The van der Waals surface area contributed by atoms with Crippen molar-refractivity contribution in [3.8, 4) is 0 Å². The average molecular weight is 293 g/mol. The number of benzene rings is 1. The summed E-state index contributed by atoms with van der Waals surface area (Å²) in [6, 6.07) is 9.36. The molecule has 0 bridgehead atoms. The molecule has 1 N–H and O–H groups in total. The summed E-state index contributed by atoms with van der Waals surface area (Å²) in [7, 11) is -1.26. The van der Waals surface area contributed by atoms with Crippen LogP contribution in [0.15, 0.2) is 39.9 Å². The zero-order chi connectivity index (χ0) is 13.8. The van der Waals surface area contributed by atoms with Gasteiger partial charge in [-0.15, -0.1) is 11.3 Å². The van der Waals surface area contributed by atoms with Gasteiger partial charge in [-0.1, -0.05) is 18.2 Å². The molecule has 0 fully saturated rings. The lowest BCUT2D eigenvalue weighted by molar-refractivity contribution is -0.113. The van der Waals surface area contributed by atoms with E-state index in [2.05, 4.69) is 5.32 Å². The Labute approximate surface area is 119 Å². The van der Waals surface area contributed by atoms with E-state index in [1.165, 1.54) is 11.3 Å². The van der Waals surface area contributed by atoms with Crippen molar-refractivity contribution >= 4 is 33.7 Å². The molecule has 1 heterocycles.